The van der Waals surface area contributed by atoms with Crippen molar-refractivity contribution in [3.05, 3.63) is 21.3 Å². The highest BCUT2D eigenvalue weighted by Gasteiger charge is 2.35. The molecule has 0 fully saturated rings. The van der Waals surface area contributed by atoms with Crippen LogP contribution < -0.4 is 4.74 Å². The normalized spacial score (nSPS) is 11.5. The lowest BCUT2D eigenvalue weighted by Crippen LogP contribution is -2.09. The third kappa shape index (κ3) is 2.90. The number of hydrogen-bond acceptors (Lipinski definition) is 2. The summed E-state index contributed by atoms with van der Waals surface area (Å²) in [5, 5.41) is 9.19. The Morgan fingerprint density at radius 1 is 1.40 bits per heavy atom. The van der Waals surface area contributed by atoms with Crippen LogP contribution in [0.25, 0.3) is 0 Å². The SMILES string of the molecule is CCOc1cc(I)c(O)cc1C(F)(F)F. The molecule has 0 aromatic heterocycles. The Hall–Kier alpha value is -0.660. The molecule has 2 nitrogen and oxygen atoms in total. The average molecular weight is 332 g/mol. The quantitative estimate of drug-likeness (QED) is 0.841. The molecule has 15 heavy (non-hydrogen) atoms. The number of rotatable bonds is 2. The number of alkyl halides is 3. The maximum atomic E-state index is 12.5. The van der Waals surface area contributed by atoms with Gasteiger partial charge in [-0.3, -0.25) is 0 Å². The Balaban J connectivity index is 3.28. The predicted molar refractivity (Wildman–Crippen MR) is 57.0 cm³/mol. The highest BCUT2D eigenvalue weighted by Crippen LogP contribution is 2.40. The van der Waals surface area contributed by atoms with Gasteiger partial charge < -0.3 is 9.84 Å². The first-order valence-corrected chi connectivity index (χ1v) is 5.16. The molecule has 0 radical (unpaired) electrons. The molecule has 0 bridgehead atoms. The summed E-state index contributed by atoms with van der Waals surface area (Å²) in [5.41, 5.74) is -0.956. The Labute approximate surface area is 98.2 Å². The largest absolute Gasteiger partial charge is 0.507 e. The minimum atomic E-state index is -4.52. The van der Waals surface area contributed by atoms with E-state index in [0.717, 1.165) is 0 Å². The summed E-state index contributed by atoms with van der Waals surface area (Å²) in [7, 11) is 0. The molecule has 0 saturated heterocycles. The first kappa shape index (κ1) is 12.4. The van der Waals surface area contributed by atoms with E-state index in [1.54, 1.807) is 29.5 Å². The molecule has 0 unspecified atom stereocenters. The van der Waals surface area contributed by atoms with E-state index in [0.29, 0.717) is 9.64 Å². The van der Waals surface area contributed by atoms with E-state index in [2.05, 4.69) is 0 Å². The fourth-order valence-electron chi connectivity index (χ4n) is 1.04. The zero-order valence-corrected chi connectivity index (χ0v) is 9.89. The van der Waals surface area contributed by atoms with Gasteiger partial charge in [-0.25, -0.2) is 0 Å². The fraction of sp³-hybridized carbons (Fsp3) is 0.333. The number of phenols is 1. The van der Waals surface area contributed by atoms with Crippen molar-refractivity contribution in [1.29, 1.82) is 0 Å². The molecule has 1 aromatic carbocycles. The third-order valence-electron chi connectivity index (χ3n) is 1.65. The van der Waals surface area contributed by atoms with Crippen LogP contribution in [0.3, 0.4) is 0 Å². The van der Waals surface area contributed by atoms with Crippen molar-refractivity contribution in [1.82, 2.24) is 0 Å². The van der Waals surface area contributed by atoms with Gasteiger partial charge in [0.05, 0.1) is 10.2 Å². The molecule has 0 spiro atoms. The van der Waals surface area contributed by atoms with Gasteiger partial charge in [-0.1, -0.05) is 0 Å². The van der Waals surface area contributed by atoms with Crippen molar-refractivity contribution in [3.63, 3.8) is 0 Å². The maximum Gasteiger partial charge on any atom is 0.420 e. The molecule has 1 aromatic rings. The van der Waals surface area contributed by atoms with E-state index in [4.69, 9.17) is 4.74 Å². The van der Waals surface area contributed by atoms with Crippen molar-refractivity contribution < 1.29 is 23.0 Å². The number of benzene rings is 1. The van der Waals surface area contributed by atoms with E-state index >= 15 is 0 Å². The highest BCUT2D eigenvalue weighted by atomic mass is 127. The molecule has 1 rings (SSSR count). The zero-order chi connectivity index (χ0) is 11.6. The van der Waals surface area contributed by atoms with E-state index in [1.807, 2.05) is 0 Å². The first-order chi connectivity index (χ1) is 6.86. The second-order valence-electron chi connectivity index (χ2n) is 2.73. The average Bonchev–Trinajstić information content (AvgIpc) is 2.09. The summed E-state index contributed by atoms with van der Waals surface area (Å²) >= 11 is 1.74. The Morgan fingerprint density at radius 2 is 2.00 bits per heavy atom. The van der Waals surface area contributed by atoms with Crippen LogP contribution in [0.1, 0.15) is 12.5 Å². The van der Waals surface area contributed by atoms with Crippen molar-refractivity contribution in [3.8, 4) is 11.5 Å². The van der Waals surface area contributed by atoms with Crippen LogP contribution in [-0.4, -0.2) is 11.7 Å². The minimum absolute atomic E-state index is 0.143. The lowest BCUT2D eigenvalue weighted by atomic mass is 10.2. The van der Waals surface area contributed by atoms with Crippen LogP contribution in [0, 0.1) is 3.57 Å². The smallest absolute Gasteiger partial charge is 0.420 e. The lowest BCUT2D eigenvalue weighted by molar-refractivity contribution is -0.139. The van der Waals surface area contributed by atoms with Gasteiger partial charge in [0.2, 0.25) is 0 Å². The van der Waals surface area contributed by atoms with Gasteiger partial charge in [0.25, 0.3) is 0 Å². The Bertz CT molecular complexity index is 363. The van der Waals surface area contributed by atoms with Gasteiger partial charge >= 0.3 is 6.18 Å². The summed E-state index contributed by atoms with van der Waals surface area (Å²) in [4.78, 5) is 0. The van der Waals surface area contributed by atoms with E-state index in [9.17, 15) is 18.3 Å². The van der Waals surface area contributed by atoms with E-state index < -0.39 is 17.5 Å². The van der Waals surface area contributed by atoms with Crippen LogP contribution in [0.2, 0.25) is 0 Å². The highest BCUT2D eigenvalue weighted by molar-refractivity contribution is 14.1. The molecule has 84 valence electrons. The topological polar surface area (TPSA) is 29.5 Å². The number of aromatic hydroxyl groups is 1. The van der Waals surface area contributed by atoms with Gasteiger partial charge in [0.15, 0.2) is 0 Å². The monoisotopic (exact) mass is 332 g/mol. The van der Waals surface area contributed by atoms with Crippen LogP contribution in [0.5, 0.6) is 11.5 Å². The van der Waals surface area contributed by atoms with E-state index in [1.165, 1.54) is 6.07 Å². The molecule has 0 saturated carbocycles. The molecule has 0 aliphatic carbocycles. The molecule has 1 N–H and O–H groups in total. The van der Waals surface area contributed by atoms with E-state index in [-0.39, 0.29) is 12.4 Å². The number of hydrogen-bond donors (Lipinski definition) is 1. The van der Waals surface area contributed by atoms with Crippen molar-refractivity contribution in [2.75, 3.05) is 6.61 Å². The molecular formula is C9H8F3IO2. The van der Waals surface area contributed by atoms with Crippen LogP contribution in [-0.2, 0) is 6.18 Å². The zero-order valence-electron chi connectivity index (χ0n) is 7.73. The Kier molecular flexibility index (Phi) is 3.69. The van der Waals surface area contributed by atoms with Gasteiger partial charge in [0.1, 0.15) is 17.1 Å². The molecule has 0 aliphatic rings. The van der Waals surface area contributed by atoms with Gasteiger partial charge in [-0.2, -0.15) is 13.2 Å². The van der Waals surface area contributed by atoms with Gasteiger partial charge in [0, 0.05) is 0 Å². The summed E-state index contributed by atoms with van der Waals surface area (Å²) in [6.45, 7) is 1.74. The lowest BCUT2D eigenvalue weighted by Gasteiger charge is -2.14. The standard InChI is InChI=1S/C9H8F3IO2/c1-2-15-8-4-6(13)7(14)3-5(8)9(10,11)12/h3-4,14H,2H2,1H3. The second-order valence-corrected chi connectivity index (χ2v) is 3.89. The first-order valence-electron chi connectivity index (χ1n) is 4.08. The molecule has 0 amide bonds. The summed E-state index contributed by atoms with van der Waals surface area (Å²) in [6.07, 6.45) is -4.52. The van der Waals surface area contributed by atoms with Gasteiger partial charge in [-0.05, 0) is 41.6 Å². The van der Waals surface area contributed by atoms with Crippen molar-refractivity contribution >= 4 is 22.6 Å². The predicted octanol–water partition coefficient (Wildman–Crippen LogP) is 3.41. The summed E-state index contributed by atoms with van der Waals surface area (Å²) in [6, 6.07) is 1.84. The number of halogens is 4. The maximum absolute atomic E-state index is 12.5. The third-order valence-corrected chi connectivity index (χ3v) is 2.52. The summed E-state index contributed by atoms with van der Waals surface area (Å²) < 4.78 is 42.7. The number of phenolic OH excluding ortho intramolecular Hbond substituents is 1. The molecule has 0 atom stereocenters. The molecule has 0 heterocycles. The van der Waals surface area contributed by atoms with Crippen LogP contribution in [0.4, 0.5) is 13.2 Å². The molecule has 6 heteroatoms. The molecular weight excluding hydrogens is 324 g/mol. The van der Waals surface area contributed by atoms with Gasteiger partial charge in [-0.15, -0.1) is 0 Å². The molecule has 0 aliphatic heterocycles. The summed E-state index contributed by atoms with van der Waals surface area (Å²) in [5.74, 6) is -0.654. The minimum Gasteiger partial charge on any atom is -0.507 e. The number of ether oxygens (including phenoxy) is 1. The second kappa shape index (κ2) is 4.46. The van der Waals surface area contributed by atoms with Crippen LogP contribution >= 0.6 is 22.6 Å². The fourth-order valence-corrected chi connectivity index (χ4v) is 1.48. The van der Waals surface area contributed by atoms with Crippen molar-refractivity contribution in [2.24, 2.45) is 0 Å². The van der Waals surface area contributed by atoms with Crippen molar-refractivity contribution in [2.45, 2.75) is 13.1 Å². The van der Waals surface area contributed by atoms with Crippen LogP contribution in [0.15, 0.2) is 12.1 Å². The Morgan fingerprint density at radius 3 is 2.47 bits per heavy atom.